The molecule has 25 heavy (non-hydrogen) atoms. The fourth-order valence-corrected chi connectivity index (χ4v) is 2.84. The highest BCUT2D eigenvalue weighted by atomic mass is 32.2. The summed E-state index contributed by atoms with van der Waals surface area (Å²) in [6, 6.07) is 7.67. The molecule has 1 aromatic heterocycles. The molecule has 0 spiro atoms. The molecular weight excluding hydrogens is 342 g/mol. The largest absolute Gasteiger partial charge is 0.378 e. The van der Waals surface area contributed by atoms with Gasteiger partial charge in [-0.15, -0.1) is 5.11 Å². The van der Waals surface area contributed by atoms with E-state index >= 15 is 0 Å². The van der Waals surface area contributed by atoms with Crippen molar-refractivity contribution < 1.29 is 17.5 Å². The van der Waals surface area contributed by atoms with Gasteiger partial charge in [0.25, 0.3) is 10.1 Å². The molecule has 2 rings (SSSR count). The lowest BCUT2D eigenvalue weighted by molar-refractivity contribution is -0.722. The molecule has 0 saturated heterocycles. The minimum Gasteiger partial charge on any atom is -0.378 e. The molecule has 0 aliphatic carbocycles. The zero-order valence-electron chi connectivity index (χ0n) is 14.6. The fraction of sp³-hybridized carbons (Fsp3) is 0.438. The van der Waals surface area contributed by atoms with E-state index < -0.39 is 10.1 Å². The first kappa shape index (κ1) is 19.1. The summed E-state index contributed by atoms with van der Waals surface area (Å²) < 4.78 is 34.4. The molecule has 8 nitrogen and oxygen atoms in total. The van der Waals surface area contributed by atoms with Crippen LogP contribution in [0.1, 0.15) is 19.0 Å². The van der Waals surface area contributed by atoms with Gasteiger partial charge in [0.1, 0.15) is 12.4 Å². The molecule has 0 fully saturated rings. The van der Waals surface area contributed by atoms with E-state index in [1.807, 2.05) is 78.2 Å². The zero-order valence-corrected chi connectivity index (χ0v) is 15.5. The predicted molar refractivity (Wildman–Crippen MR) is 95.6 cm³/mol. The van der Waals surface area contributed by atoms with Crippen LogP contribution >= 0.6 is 0 Å². The van der Waals surface area contributed by atoms with E-state index in [1.165, 1.54) is 0 Å². The molecule has 2 aromatic rings. The van der Waals surface area contributed by atoms with Gasteiger partial charge in [-0.05, 0) is 30.7 Å². The summed E-state index contributed by atoms with van der Waals surface area (Å²) in [5.74, 6) is -0.288. The van der Waals surface area contributed by atoms with E-state index in [2.05, 4.69) is 10.2 Å². The summed E-state index contributed by atoms with van der Waals surface area (Å²) in [6.45, 7) is 0. The van der Waals surface area contributed by atoms with Crippen molar-refractivity contribution >= 4 is 21.5 Å². The maximum Gasteiger partial charge on any atom is 0.264 e. The highest BCUT2D eigenvalue weighted by Crippen LogP contribution is 2.20. The average molecular weight is 366 g/mol. The number of rotatable bonds is 8. The first-order chi connectivity index (χ1) is 11.7. The van der Waals surface area contributed by atoms with E-state index in [0.29, 0.717) is 12.8 Å². The summed E-state index contributed by atoms with van der Waals surface area (Å²) in [4.78, 5) is 2.00. The molecule has 0 aliphatic rings. The average Bonchev–Trinajstić information content (AvgIpc) is 2.96. The Balaban J connectivity index is 2.11. The first-order valence-electron chi connectivity index (χ1n) is 7.91. The molecule has 0 aliphatic heterocycles. The van der Waals surface area contributed by atoms with Crippen molar-refractivity contribution in [2.75, 3.05) is 24.7 Å². The smallest absolute Gasteiger partial charge is 0.264 e. The van der Waals surface area contributed by atoms with Crippen molar-refractivity contribution in [1.82, 2.24) is 4.57 Å². The van der Waals surface area contributed by atoms with Crippen LogP contribution in [0, 0.1) is 0 Å². The number of hydrogen-bond acceptors (Lipinski definition) is 5. The van der Waals surface area contributed by atoms with Crippen molar-refractivity contribution in [3.8, 4) is 0 Å². The number of anilines is 1. The van der Waals surface area contributed by atoms with E-state index in [-0.39, 0.29) is 11.9 Å². The van der Waals surface area contributed by atoms with Crippen LogP contribution in [0.3, 0.4) is 0 Å². The summed E-state index contributed by atoms with van der Waals surface area (Å²) >= 11 is 0. The number of imidazole rings is 1. The molecule has 136 valence electrons. The van der Waals surface area contributed by atoms with Crippen LogP contribution < -0.4 is 9.47 Å². The Labute approximate surface area is 148 Å². The Morgan fingerprint density at radius 2 is 1.96 bits per heavy atom. The third-order valence-electron chi connectivity index (χ3n) is 3.67. The molecule has 1 heterocycles. The lowest BCUT2D eigenvalue weighted by Crippen LogP contribution is -2.36. The minimum atomic E-state index is -3.97. The van der Waals surface area contributed by atoms with E-state index in [1.54, 1.807) is 0 Å². The van der Waals surface area contributed by atoms with Gasteiger partial charge in [-0.1, -0.05) is 0 Å². The zero-order chi connectivity index (χ0) is 18.4. The molecule has 1 atom stereocenters. The first-order valence-corrected chi connectivity index (χ1v) is 9.51. The van der Waals surface area contributed by atoms with Crippen molar-refractivity contribution in [1.29, 1.82) is 0 Å². The number of aryl methyl sites for hydroxylation is 1. The fourth-order valence-electron chi connectivity index (χ4n) is 2.31. The van der Waals surface area contributed by atoms with Crippen LogP contribution in [0.2, 0.25) is 0 Å². The second-order valence-corrected chi connectivity index (χ2v) is 7.63. The molecule has 0 amide bonds. The molecular formula is C16H24N5O3S+. The number of aromatic nitrogens is 2. The Morgan fingerprint density at radius 3 is 2.48 bits per heavy atom. The Bertz CT molecular complexity index is 813. The maximum absolute atomic E-state index is 10.9. The predicted octanol–water partition coefficient (Wildman–Crippen LogP) is 2.33. The van der Waals surface area contributed by atoms with Crippen molar-refractivity contribution in [3.05, 3.63) is 43.0 Å². The van der Waals surface area contributed by atoms with Gasteiger partial charge >= 0.3 is 0 Å². The standard InChI is InChI=1S/C16H23N5O3S/c1-19(2)15-8-6-14(7-9-15)17-18-16(5-4-12-25(22,23)24)21-11-10-20(3)13-21/h6-11,13,16H,4-5,12H2,1-3H3/p+1/b18-17+. The number of nitrogens with zero attached hydrogens (tertiary/aromatic N) is 5. The van der Waals surface area contributed by atoms with E-state index in [9.17, 15) is 8.42 Å². The lowest BCUT2D eigenvalue weighted by Gasteiger charge is -2.11. The van der Waals surface area contributed by atoms with Crippen LogP contribution in [0.4, 0.5) is 11.4 Å². The molecule has 1 aromatic carbocycles. The second kappa shape index (κ2) is 8.21. The van der Waals surface area contributed by atoms with Gasteiger partial charge in [-0.3, -0.25) is 4.55 Å². The summed E-state index contributed by atoms with van der Waals surface area (Å²) in [7, 11) is 1.86. The van der Waals surface area contributed by atoms with Gasteiger partial charge < -0.3 is 4.90 Å². The molecule has 0 saturated carbocycles. The second-order valence-electron chi connectivity index (χ2n) is 6.06. The van der Waals surface area contributed by atoms with Crippen LogP contribution in [-0.2, 0) is 17.2 Å². The number of benzene rings is 1. The van der Waals surface area contributed by atoms with Gasteiger partial charge in [0.2, 0.25) is 12.5 Å². The lowest BCUT2D eigenvalue weighted by atomic mass is 10.2. The molecule has 0 bridgehead atoms. The Hall–Kier alpha value is -2.26. The monoisotopic (exact) mass is 366 g/mol. The minimum absolute atomic E-state index is 0.288. The van der Waals surface area contributed by atoms with Crippen molar-refractivity contribution in [2.45, 2.75) is 19.0 Å². The summed E-state index contributed by atoms with van der Waals surface area (Å²) in [5, 5.41) is 8.63. The summed E-state index contributed by atoms with van der Waals surface area (Å²) in [5.41, 5.74) is 1.79. The van der Waals surface area contributed by atoms with E-state index in [0.717, 1.165) is 11.4 Å². The molecule has 9 heteroatoms. The normalized spacial score (nSPS) is 13.3. The van der Waals surface area contributed by atoms with Gasteiger partial charge in [0.05, 0.1) is 18.5 Å². The van der Waals surface area contributed by atoms with Crippen LogP contribution in [0.15, 0.2) is 53.2 Å². The molecule has 1 N–H and O–H groups in total. The summed E-state index contributed by atoms with van der Waals surface area (Å²) in [6.07, 6.45) is 5.99. The van der Waals surface area contributed by atoms with Crippen LogP contribution in [0.5, 0.6) is 0 Å². The highest BCUT2D eigenvalue weighted by Gasteiger charge is 2.17. The van der Waals surface area contributed by atoms with Gasteiger partial charge in [-0.2, -0.15) is 13.5 Å². The third kappa shape index (κ3) is 6.28. The van der Waals surface area contributed by atoms with Crippen LogP contribution in [-0.4, -0.2) is 37.4 Å². The SMILES string of the molecule is CN(C)c1ccc(/N=N/C(CCCS(=O)(=O)O)[n+]2ccn(C)c2)cc1. The molecule has 0 radical (unpaired) electrons. The van der Waals surface area contributed by atoms with Crippen LogP contribution in [0.25, 0.3) is 0 Å². The van der Waals surface area contributed by atoms with Gasteiger partial charge in [0, 0.05) is 26.2 Å². The quantitative estimate of drug-likeness (QED) is 0.441. The van der Waals surface area contributed by atoms with Gasteiger partial charge in [-0.25, -0.2) is 9.13 Å². The topological polar surface area (TPSA) is 91.1 Å². The number of hydrogen-bond donors (Lipinski definition) is 1. The maximum atomic E-state index is 10.9. The Kier molecular flexibility index (Phi) is 6.27. The highest BCUT2D eigenvalue weighted by molar-refractivity contribution is 7.85. The third-order valence-corrected chi connectivity index (χ3v) is 4.48. The molecule has 1 unspecified atom stereocenters. The Morgan fingerprint density at radius 1 is 1.28 bits per heavy atom. The van der Waals surface area contributed by atoms with E-state index in [4.69, 9.17) is 4.55 Å². The number of azo groups is 1. The van der Waals surface area contributed by atoms with Crippen molar-refractivity contribution in [2.24, 2.45) is 17.3 Å². The van der Waals surface area contributed by atoms with Crippen molar-refractivity contribution in [3.63, 3.8) is 0 Å². The van der Waals surface area contributed by atoms with Gasteiger partial charge in [0.15, 0.2) is 0 Å².